The van der Waals surface area contributed by atoms with E-state index in [0.29, 0.717) is 6.10 Å². The maximum Gasteiger partial charge on any atom is 0.316 e. The lowest BCUT2D eigenvalue weighted by atomic mass is 10.2. The zero-order chi connectivity index (χ0) is 6.10. The van der Waals surface area contributed by atoms with E-state index in [-0.39, 0.29) is 23.1 Å². The predicted molar refractivity (Wildman–Crippen MR) is 43.7 cm³/mol. The summed E-state index contributed by atoms with van der Waals surface area (Å²) in [6.45, 7) is 0.907. The highest BCUT2D eigenvalue weighted by atomic mass is 24.3. The number of hydrogen-bond acceptors (Lipinski definition) is 1. The van der Waals surface area contributed by atoms with E-state index in [1.165, 1.54) is 5.56 Å². The molecule has 2 heteroatoms. The van der Waals surface area contributed by atoms with Crippen LogP contribution in [0.15, 0.2) is 30.3 Å². The molecule has 0 saturated carbocycles. The van der Waals surface area contributed by atoms with Crippen LogP contribution in [0.3, 0.4) is 0 Å². The molecular formula is C8H10MgO. The minimum atomic E-state index is 0. The second-order valence-electron chi connectivity index (χ2n) is 2.23. The summed E-state index contributed by atoms with van der Waals surface area (Å²) in [5.41, 5.74) is 1.30. The van der Waals surface area contributed by atoms with E-state index in [9.17, 15) is 0 Å². The molecule has 0 aliphatic carbocycles. The Kier molecular flexibility index (Phi) is 2.71. The average Bonchev–Trinajstić information content (AvgIpc) is 2.71. The molecule has 0 spiro atoms. The number of ether oxygens (including phenoxy) is 1. The lowest BCUT2D eigenvalue weighted by molar-refractivity contribution is 0.415. The van der Waals surface area contributed by atoms with Gasteiger partial charge >= 0.3 is 23.1 Å². The first-order valence-corrected chi connectivity index (χ1v) is 3.13. The van der Waals surface area contributed by atoms with Gasteiger partial charge in [-0.1, -0.05) is 30.3 Å². The molecule has 2 rings (SSSR count). The van der Waals surface area contributed by atoms with E-state index in [2.05, 4.69) is 12.1 Å². The standard InChI is InChI=1S/C8H8O.Mg.2H/c1-2-4-7(5-3-1)8-6-9-8;;;/h1-5,8H,6H2;;;. The van der Waals surface area contributed by atoms with E-state index in [0.717, 1.165) is 6.61 Å². The number of rotatable bonds is 1. The molecule has 0 bridgehead atoms. The fraction of sp³-hybridized carbons (Fsp3) is 0.250. The fourth-order valence-corrected chi connectivity index (χ4v) is 0.908. The predicted octanol–water partition coefficient (Wildman–Crippen LogP) is 0.842. The molecule has 0 amide bonds. The molecule has 10 heavy (non-hydrogen) atoms. The SMILES string of the molecule is [MgH2].c1ccc(C2CO2)cc1. The molecule has 1 fully saturated rings. The fourth-order valence-electron chi connectivity index (χ4n) is 0.908. The lowest BCUT2D eigenvalue weighted by Crippen LogP contribution is -1.75. The van der Waals surface area contributed by atoms with Gasteiger partial charge in [0.1, 0.15) is 6.10 Å². The number of epoxide rings is 1. The smallest absolute Gasteiger partial charge is 0.316 e. The van der Waals surface area contributed by atoms with Crippen molar-refractivity contribution in [3.8, 4) is 0 Å². The Balaban J connectivity index is 0.000000500. The van der Waals surface area contributed by atoms with E-state index in [1.54, 1.807) is 0 Å². The van der Waals surface area contributed by atoms with Gasteiger partial charge in [-0.25, -0.2) is 0 Å². The van der Waals surface area contributed by atoms with Crippen LogP contribution in [0.1, 0.15) is 11.7 Å². The van der Waals surface area contributed by atoms with Crippen LogP contribution in [0.4, 0.5) is 0 Å². The summed E-state index contributed by atoms with van der Waals surface area (Å²) in [5.74, 6) is 0. The molecule has 1 nitrogen and oxygen atoms in total. The van der Waals surface area contributed by atoms with Gasteiger partial charge in [0.15, 0.2) is 0 Å². The van der Waals surface area contributed by atoms with Gasteiger partial charge in [0.25, 0.3) is 0 Å². The average molecular weight is 146 g/mol. The molecule has 1 heterocycles. The molecule has 1 aromatic rings. The monoisotopic (exact) mass is 146 g/mol. The van der Waals surface area contributed by atoms with Crippen LogP contribution in [0.5, 0.6) is 0 Å². The van der Waals surface area contributed by atoms with Gasteiger partial charge in [0.2, 0.25) is 0 Å². The van der Waals surface area contributed by atoms with E-state index >= 15 is 0 Å². The van der Waals surface area contributed by atoms with Gasteiger partial charge in [-0.05, 0) is 5.56 Å². The van der Waals surface area contributed by atoms with Gasteiger partial charge in [-0.2, -0.15) is 0 Å². The number of benzene rings is 1. The van der Waals surface area contributed by atoms with Crippen molar-refractivity contribution in [3.05, 3.63) is 35.9 Å². The summed E-state index contributed by atoms with van der Waals surface area (Å²) in [6.07, 6.45) is 0.409. The Bertz CT molecular complexity index is 194. The highest BCUT2D eigenvalue weighted by Gasteiger charge is 2.23. The van der Waals surface area contributed by atoms with Crippen molar-refractivity contribution < 1.29 is 4.74 Å². The molecule has 1 unspecified atom stereocenters. The van der Waals surface area contributed by atoms with Gasteiger partial charge < -0.3 is 4.74 Å². The zero-order valence-corrected chi connectivity index (χ0v) is 5.08. The Labute approximate surface area is 76.5 Å². The van der Waals surface area contributed by atoms with E-state index in [1.807, 2.05) is 18.2 Å². The Morgan fingerprint density at radius 2 is 1.80 bits per heavy atom. The van der Waals surface area contributed by atoms with Crippen molar-refractivity contribution >= 4 is 23.1 Å². The maximum atomic E-state index is 5.09. The van der Waals surface area contributed by atoms with Crippen molar-refractivity contribution in [1.82, 2.24) is 0 Å². The number of hydrogen-bond donors (Lipinski definition) is 0. The molecule has 1 saturated heterocycles. The van der Waals surface area contributed by atoms with Crippen LogP contribution in [-0.4, -0.2) is 29.7 Å². The summed E-state index contributed by atoms with van der Waals surface area (Å²) in [4.78, 5) is 0. The molecule has 1 aromatic carbocycles. The summed E-state index contributed by atoms with van der Waals surface area (Å²) < 4.78 is 5.09. The van der Waals surface area contributed by atoms with Crippen molar-refractivity contribution in [2.45, 2.75) is 6.10 Å². The largest absolute Gasteiger partial charge is 0.368 e. The first kappa shape index (κ1) is 8.05. The second kappa shape index (κ2) is 3.37. The van der Waals surface area contributed by atoms with E-state index in [4.69, 9.17) is 4.74 Å². The summed E-state index contributed by atoms with van der Waals surface area (Å²) >= 11 is 0. The topological polar surface area (TPSA) is 12.5 Å². The zero-order valence-electron chi connectivity index (χ0n) is 5.08. The van der Waals surface area contributed by atoms with E-state index < -0.39 is 0 Å². The third-order valence-corrected chi connectivity index (χ3v) is 1.50. The third kappa shape index (κ3) is 1.72. The minimum Gasteiger partial charge on any atom is -0.368 e. The highest BCUT2D eigenvalue weighted by molar-refractivity contribution is 5.75. The van der Waals surface area contributed by atoms with Crippen molar-refractivity contribution in [3.63, 3.8) is 0 Å². The Morgan fingerprint density at radius 3 is 2.30 bits per heavy atom. The van der Waals surface area contributed by atoms with Gasteiger partial charge in [0.05, 0.1) is 6.61 Å². The van der Waals surface area contributed by atoms with Crippen LogP contribution in [0, 0.1) is 0 Å². The van der Waals surface area contributed by atoms with Crippen molar-refractivity contribution in [2.75, 3.05) is 6.61 Å². The summed E-state index contributed by atoms with van der Waals surface area (Å²) in [5, 5.41) is 0. The van der Waals surface area contributed by atoms with Crippen LogP contribution < -0.4 is 0 Å². The molecule has 0 radical (unpaired) electrons. The summed E-state index contributed by atoms with van der Waals surface area (Å²) in [7, 11) is 0. The Morgan fingerprint density at radius 1 is 1.20 bits per heavy atom. The molecule has 1 atom stereocenters. The Hall–Kier alpha value is -0.0538. The molecule has 50 valence electrons. The first-order chi connectivity index (χ1) is 4.47. The van der Waals surface area contributed by atoms with Crippen molar-refractivity contribution in [1.29, 1.82) is 0 Å². The van der Waals surface area contributed by atoms with Crippen LogP contribution in [0.2, 0.25) is 0 Å². The minimum absolute atomic E-state index is 0. The normalized spacial score (nSPS) is 21.4. The van der Waals surface area contributed by atoms with Gasteiger partial charge in [0, 0.05) is 0 Å². The van der Waals surface area contributed by atoms with Crippen LogP contribution in [-0.2, 0) is 4.74 Å². The molecule has 0 N–H and O–H groups in total. The van der Waals surface area contributed by atoms with Crippen LogP contribution >= 0.6 is 0 Å². The van der Waals surface area contributed by atoms with Crippen LogP contribution in [0.25, 0.3) is 0 Å². The first-order valence-electron chi connectivity index (χ1n) is 3.13. The van der Waals surface area contributed by atoms with Gasteiger partial charge in [-0.3, -0.25) is 0 Å². The quantitative estimate of drug-likeness (QED) is 0.423. The molecule has 1 aliphatic rings. The highest BCUT2D eigenvalue weighted by Crippen LogP contribution is 2.28. The van der Waals surface area contributed by atoms with Gasteiger partial charge in [-0.15, -0.1) is 0 Å². The second-order valence-corrected chi connectivity index (χ2v) is 2.23. The molecular weight excluding hydrogens is 136 g/mol. The molecule has 0 aromatic heterocycles. The lowest BCUT2D eigenvalue weighted by Gasteiger charge is -1.89. The maximum absolute atomic E-state index is 5.09. The molecule has 1 aliphatic heterocycles. The van der Waals surface area contributed by atoms with Crippen molar-refractivity contribution in [2.24, 2.45) is 0 Å². The third-order valence-electron chi connectivity index (χ3n) is 1.50. The summed E-state index contributed by atoms with van der Waals surface area (Å²) in [6, 6.07) is 10.3.